The zero-order valence-electron chi connectivity index (χ0n) is 11.1. The summed E-state index contributed by atoms with van der Waals surface area (Å²) in [6.45, 7) is 4.69. The number of aryl methyl sites for hydroxylation is 1. The summed E-state index contributed by atoms with van der Waals surface area (Å²) in [6, 6.07) is 15.9. The predicted octanol–water partition coefficient (Wildman–Crippen LogP) is 3.12. The SMILES string of the molecule is CCn1c(=O)c2cccc(C)c2n1-c1ccccc1. The van der Waals surface area contributed by atoms with Crippen LogP contribution in [0.3, 0.4) is 0 Å². The smallest absolute Gasteiger partial charge is 0.267 e. The summed E-state index contributed by atoms with van der Waals surface area (Å²) < 4.78 is 3.81. The number of hydrogen-bond acceptors (Lipinski definition) is 1. The van der Waals surface area contributed by atoms with Gasteiger partial charge in [-0.1, -0.05) is 30.3 Å². The standard InChI is InChI=1S/C16H16N2O/c1-3-17-16(19)14-11-7-8-12(2)15(14)18(17)13-9-5-4-6-10-13/h4-11H,3H2,1-2H3. The lowest BCUT2D eigenvalue weighted by molar-refractivity contribution is 0.577. The van der Waals surface area contributed by atoms with E-state index in [0.29, 0.717) is 6.54 Å². The third kappa shape index (κ3) is 1.70. The van der Waals surface area contributed by atoms with Crippen LogP contribution in [0.5, 0.6) is 0 Å². The molecule has 0 saturated heterocycles. The second-order valence-corrected chi connectivity index (χ2v) is 4.64. The average Bonchev–Trinajstić information content (AvgIpc) is 2.74. The summed E-state index contributed by atoms with van der Waals surface area (Å²) in [4.78, 5) is 12.4. The Morgan fingerprint density at radius 3 is 2.42 bits per heavy atom. The van der Waals surface area contributed by atoms with E-state index >= 15 is 0 Å². The summed E-state index contributed by atoms with van der Waals surface area (Å²) in [5.74, 6) is 0. The first-order valence-electron chi connectivity index (χ1n) is 6.50. The quantitative estimate of drug-likeness (QED) is 0.688. The molecule has 0 fully saturated rings. The van der Waals surface area contributed by atoms with E-state index in [0.717, 1.165) is 22.2 Å². The van der Waals surface area contributed by atoms with Crippen molar-refractivity contribution >= 4 is 10.9 Å². The Balaban J connectivity index is 2.50. The Hall–Kier alpha value is -2.29. The van der Waals surface area contributed by atoms with Gasteiger partial charge in [-0.2, -0.15) is 0 Å². The Morgan fingerprint density at radius 1 is 1.00 bits per heavy atom. The Kier molecular flexibility index (Phi) is 2.75. The van der Waals surface area contributed by atoms with Crippen molar-refractivity contribution in [2.75, 3.05) is 0 Å². The van der Waals surface area contributed by atoms with Crippen LogP contribution in [0.2, 0.25) is 0 Å². The number of fused-ring (bicyclic) bond motifs is 1. The van der Waals surface area contributed by atoms with Crippen LogP contribution in [0, 0.1) is 6.92 Å². The van der Waals surface area contributed by atoms with Crippen molar-refractivity contribution in [1.29, 1.82) is 0 Å². The highest BCUT2D eigenvalue weighted by molar-refractivity contribution is 5.83. The first-order chi connectivity index (χ1) is 9.24. The van der Waals surface area contributed by atoms with Crippen LogP contribution < -0.4 is 5.56 Å². The van der Waals surface area contributed by atoms with Gasteiger partial charge in [0.25, 0.3) is 5.56 Å². The molecule has 19 heavy (non-hydrogen) atoms. The molecule has 3 aromatic rings. The third-order valence-electron chi connectivity index (χ3n) is 3.46. The summed E-state index contributed by atoms with van der Waals surface area (Å²) in [5, 5.41) is 0.783. The fraction of sp³-hybridized carbons (Fsp3) is 0.188. The minimum absolute atomic E-state index is 0.0741. The average molecular weight is 252 g/mol. The minimum atomic E-state index is 0.0741. The third-order valence-corrected chi connectivity index (χ3v) is 3.46. The number of rotatable bonds is 2. The topological polar surface area (TPSA) is 26.9 Å². The maximum Gasteiger partial charge on any atom is 0.274 e. The minimum Gasteiger partial charge on any atom is -0.267 e. The maximum absolute atomic E-state index is 12.4. The number of nitrogens with zero attached hydrogens (tertiary/aromatic N) is 2. The zero-order valence-corrected chi connectivity index (χ0v) is 11.1. The van der Waals surface area contributed by atoms with E-state index < -0.39 is 0 Å². The Bertz CT molecular complexity index is 782. The highest BCUT2D eigenvalue weighted by Gasteiger charge is 2.14. The molecule has 0 bridgehead atoms. The van der Waals surface area contributed by atoms with Crippen molar-refractivity contribution in [2.45, 2.75) is 20.4 Å². The van der Waals surface area contributed by atoms with Crippen molar-refractivity contribution in [3.8, 4) is 5.69 Å². The van der Waals surface area contributed by atoms with Gasteiger partial charge in [0.2, 0.25) is 0 Å². The van der Waals surface area contributed by atoms with Crippen LogP contribution in [0.25, 0.3) is 16.6 Å². The molecule has 0 saturated carbocycles. The summed E-state index contributed by atoms with van der Waals surface area (Å²) in [5.41, 5.74) is 3.21. The van der Waals surface area contributed by atoms with Crippen LogP contribution >= 0.6 is 0 Å². The molecular weight excluding hydrogens is 236 g/mol. The van der Waals surface area contributed by atoms with E-state index in [2.05, 4.69) is 0 Å². The van der Waals surface area contributed by atoms with Gasteiger partial charge in [0.1, 0.15) is 0 Å². The molecule has 0 amide bonds. The van der Waals surface area contributed by atoms with Gasteiger partial charge >= 0.3 is 0 Å². The number of aromatic nitrogens is 2. The van der Waals surface area contributed by atoms with Crippen molar-refractivity contribution < 1.29 is 0 Å². The van der Waals surface area contributed by atoms with Crippen LogP contribution in [-0.4, -0.2) is 9.36 Å². The molecule has 0 aliphatic carbocycles. The predicted molar refractivity (Wildman–Crippen MR) is 77.9 cm³/mol. The van der Waals surface area contributed by atoms with Crippen molar-refractivity contribution in [1.82, 2.24) is 9.36 Å². The van der Waals surface area contributed by atoms with E-state index in [-0.39, 0.29) is 5.56 Å². The van der Waals surface area contributed by atoms with Crippen molar-refractivity contribution in [3.05, 3.63) is 64.4 Å². The van der Waals surface area contributed by atoms with Gasteiger partial charge in [-0.3, -0.25) is 4.79 Å². The second kappa shape index (κ2) is 4.43. The molecule has 3 rings (SSSR count). The lowest BCUT2D eigenvalue weighted by atomic mass is 10.1. The normalized spacial score (nSPS) is 11.1. The lowest BCUT2D eigenvalue weighted by Crippen LogP contribution is -2.20. The first-order valence-corrected chi connectivity index (χ1v) is 6.50. The molecule has 96 valence electrons. The van der Waals surface area contributed by atoms with Gasteiger partial charge in [-0.25, -0.2) is 9.36 Å². The highest BCUT2D eigenvalue weighted by Crippen LogP contribution is 2.20. The van der Waals surface area contributed by atoms with Gasteiger partial charge < -0.3 is 0 Å². The highest BCUT2D eigenvalue weighted by atomic mass is 16.1. The monoisotopic (exact) mass is 252 g/mol. The summed E-state index contributed by atoms with van der Waals surface area (Å²) in [7, 11) is 0. The molecule has 2 aromatic carbocycles. The Morgan fingerprint density at radius 2 is 1.74 bits per heavy atom. The molecular formula is C16H16N2O. The van der Waals surface area contributed by atoms with Gasteiger partial charge in [0, 0.05) is 6.54 Å². The van der Waals surface area contributed by atoms with E-state index in [1.165, 1.54) is 0 Å². The summed E-state index contributed by atoms with van der Waals surface area (Å²) >= 11 is 0. The molecule has 3 heteroatoms. The van der Waals surface area contributed by atoms with E-state index in [1.807, 2.05) is 67.1 Å². The van der Waals surface area contributed by atoms with E-state index in [9.17, 15) is 4.79 Å². The molecule has 0 aliphatic rings. The van der Waals surface area contributed by atoms with Crippen LogP contribution in [-0.2, 0) is 6.54 Å². The fourth-order valence-electron chi connectivity index (χ4n) is 2.59. The molecule has 1 heterocycles. The molecule has 0 N–H and O–H groups in total. The van der Waals surface area contributed by atoms with Crippen molar-refractivity contribution in [3.63, 3.8) is 0 Å². The number of para-hydroxylation sites is 2. The molecule has 0 spiro atoms. The Labute approximate surface area is 111 Å². The van der Waals surface area contributed by atoms with E-state index in [4.69, 9.17) is 0 Å². The molecule has 3 nitrogen and oxygen atoms in total. The maximum atomic E-state index is 12.4. The van der Waals surface area contributed by atoms with Gasteiger partial charge in [-0.05, 0) is 37.6 Å². The molecule has 1 aromatic heterocycles. The number of benzene rings is 2. The lowest BCUT2D eigenvalue weighted by Gasteiger charge is -2.12. The molecule has 0 radical (unpaired) electrons. The van der Waals surface area contributed by atoms with Gasteiger partial charge in [0.05, 0.1) is 16.6 Å². The molecule has 0 aliphatic heterocycles. The van der Waals surface area contributed by atoms with Crippen molar-refractivity contribution in [2.24, 2.45) is 0 Å². The zero-order chi connectivity index (χ0) is 13.4. The first kappa shape index (κ1) is 11.8. The molecule has 0 atom stereocenters. The molecule has 0 unspecified atom stereocenters. The van der Waals surface area contributed by atoms with E-state index in [1.54, 1.807) is 4.68 Å². The summed E-state index contributed by atoms with van der Waals surface area (Å²) in [6.07, 6.45) is 0. The van der Waals surface area contributed by atoms with Crippen LogP contribution in [0.4, 0.5) is 0 Å². The largest absolute Gasteiger partial charge is 0.274 e. The van der Waals surface area contributed by atoms with Crippen LogP contribution in [0.1, 0.15) is 12.5 Å². The van der Waals surface area contributed by atoms with Gasteiger partial charge in [-0.15, -0.1) is 0 Å². The second-order valence-electron chi connectivity index (χ2n) is 4.64. The fourth-order valence-corrected chi connectivity index (χ4v) is 2.59. The van der Waals surface area contributed by atoms with Crippen LogP contribution in [0.15, 0.2) is 53.3 Å². The number of hydrogen-bond donors (Lipinski definition) is 0. The van der Waals surface area contributed by atoms with Gasteiger partial charge in [0.15, 0.2) is 0 Å².